The fraction of sp³-hybridized carbons (Fsp3) is 0.133. The summed E-state index contributed by atoms with van der Waals surface area (Å²) in [4.78, 5) is 12.1. The fourth-order valence-corrected chi connectivity index (χ4v) is 2.70. The first-order valence-electron chi connectivity index (χ1n) is 6.06. The van der Waals surface area contributed by atoms with Crippen LogP contribution >= 0.6 is 43.5 Å². The summed E-state index contributed by atoms with van der Waals surface area (Å²) in [5.74, 6) is -0.405. The van der Waals surface area contributed by atoms with Gasteiger partial charge in [0.15, 0.2) is 6.04 Å². The minimum absolute atomic E-state index is 0.405. The molecule has 0 aromatic heterocycles. The van der Waals surface area contributed by atoms with Crippen LogP contribution in [0.2, 0.25) is 5.02 Å². The molecule has 0 fully saturated rings. The molecule has 1 atom stereocenters. The van der Waals surface area contributed by atoms with Gasteiger partial charge in [-0.25, -0.2) is 4.79 Å². The van der Waals surface area contributed by atoms with E-state index in [4.69, 9.17) is 16.3 Å². The van der Waals surface area contributed by atoms with Crippen LogP contribution in [-0.2, 0) is 9.53 Å². The Morgan fingerprint density at radius 2 is 1.76 bits per heavy atom. The number of ether oxygens (including phenoxy) is 1. The van der Waals surface area contributed by atoms with Crippen molar-refractivity contribution in [1.82, 2.24) is 0 Å². The third-order valence-corrected chi connectivity index (χ3v) is 4.23. The van der Waals surface area contributed by atoms with Gasteiger partial charge in [0.2, 0.25) is 0 Å². The van der Waals surface area contributed by atoms with Crippen molar-refractivity contribution in [2.45, 2.75) is 6.04 Å². The Balaban J connectivity index is 2.36. The number of esters is 1. The van der Waals surface area contributed by atoms with E-state index in [1.807, 2.05) is 30.3 Å². The molecule has 0 spiro atoms. The maximum absolute atomic E-state index is 12.1. The molecule has 0 saturated heterocycles. The molecule has 0 aliphatic rings. The van der Waals surface area contributed by atoms with Crippen molar-refractivity contribution in [3.8, 4) is 0 Å². The van der Waals surface area contributed by atoms with Gasteiger partial charge in [-0.2, -0.15) is 0 Å². The summed E-state index contributed by atoms with van der Waals surface area (Å²) < 4.78 is 6.68. The highest BCUT2D eigenvalue weighted by molar-refractivity contribution is 9.10. The van der Waals surface area contributed by atoms with Crippen LogP contribution in [0, 0.1) is 0 Å². The van der Waals surface area contributed by atoms with E-state index in [0.717, 1.165) is 14.6 Å². The molecular formula is C15H12Br2ClNO2. The molecule has 3 nitrogen and oxygen atoms in total. The predicted molar refractivity (Wildman–Crippen MR) is 91.7 cm³/mol. The molecule has 2 aromatic rings. The zero-order valence-electron chi connectivity index (χ0n) is 11.1. The molecule has 0 aliphatic carbocycles. The number of halogens is 3. The first-order chi connectivity index (χ1) is 10.0. The Bertz CT molecular complexity index is 647. The molecule has 21 heavy (non-hydrogen) atoms. The number of benzene rings is 2. The van der Waals surface area contributed by atoms with Crippen molar-refractivity contribution in [3.63, 3.8) is 0 Å². The lowest BCUT2D eigenvalue weighted by Crippen LogP contribution is -2.22. The highest BCUT2D eigenvalue weighted by Crippen LogP contribution is 2.30. The maximum atomic E-state index is 12.1. The number of rotatable bonds is 4. The summed E-state index contributed by atoms with van der Waals surface area (Å²) in [5.41, 5.74) is 1.45. The third-order valence-electron chi connectivity index (χ3n) is 2.86. The number of carbonyl (C=O) groups excluding carboxylic acids is 1. The monoisotopic (exact) mass is 431 g/mol. The van der Waals surface area contributed by atoms with E-state index in [2.05, 4.69) is 37.2 Å². The molecule has 2 rings (SSSR count). The van der Waals surface area contributed by atoms with E-state index < -0.39 is 12.0 Å². The molecule has 0 bridgehead atoms. The molecule has 0 amide bonds. The normalized spacial score (nSPS) is 11.8. The van der Waals surface area contributed by atoms with Gasteiger partial charge >= 0.3 is 5.97 Å². The first kappa shape index (κ1) is 16.3. The molecule has 0 heterocycles. The fourth-order valence-electron chi connectivity index (χ4n) is 1.83. The highest BCUT2D eigenvalue weighted by atomic mass is 79.9. The van der Waals surface area contributed by atoms with Gasteiger partial charge in [0.1, 0.15) is 0 Å². The number of anilines is 1. The van der Waals surface area contributed by atoms with Gasteiger partial charge in [0, 0.05) is 25.2 Å². The largest absolute Gasteiger partial charge is 0.467 e. The molecule has 2 aromatic carbocycles. The summed E-state index contributed by atoms with van der Waals surface area (Å²) >= 11 is 13.0. The zero-order chi connectivity index (χ0) is 15.4. The second kappa shape index (κ2) is 7.29. The van der Waals surface area contributed by atoms with Crippen molar-refractivity contribution in [1.29, 1.82) is 0 Å². The third kappa shape index (κ3) is 4.22. The second-order valence-corrected chi connectivity index (χ2v) is 6.51. The van der Waals surface area contributed by atoms with E-state index in [-0.39, 0.29) is 0 Å². The lowest BCUT2D eigenvalue weighted by Gasteiger charge is -2.19. The van der Waals surface area contributed by atoms with Crippen molar-refractivity contribution < 1.29 is 9.53 Å². The molecule has 0 aliphatic heterocycles. The maximum Gasteiger partial charge on any atom is 0.333 e. The summed E-state index contributed by atoms with van der Waals surface area (Å²) in [6, 6.07) is 12.2. The average molecular weight is 434 g/mol. The minimum atomic E-state index is -0.679. The standard InChI is InChI=1S/C15H12Br2ClNO2/c1-21-15(20)14(12-8-10(17)4-7-13(12)18)19-11-5-2-9(16)3-6-11/h2-8,14,19H,1H3. The average Bonchev–Trinajstić information content (AvgIpc) is 2.48. The van der Waals surface area contributed by atoms with Crippen LogP contribution in [0.4, 0.5) is 5.69 Å². The molecule has 110 valence electrons. The Labute approximate surface area is 144 Å². The molecule has 0 saturated carbocycles. The number of hydrogen-bond donors (Lipinski definition) is 1. The first-order valence-corrected chi connectivity index (χ1v) is 8.02. The van der Waals surface area contributed by atoms with E-state index in [1.54, 1.807) is 12.1 Å². The van der Waals surface area contributed by atoms with Gasteiger partial charge in [0.25, 0.3) is 0 Å². The van der Waals surface area contributed by atoms with E-state index >= 15 is 0 Å². The lowest BCUT2D eigenvalue weighted by molar-refractivity contribution is -0.141. The molecule has 6 heteroatoms. The van der Waals surface area contributed by atoms with Crippen molar-refractivity contribution in [2.24, 2.45) is 0 Å². The van der Waals surface area contributed by atoms with Crippen molar-refractivity contribution in [3.05, 3.63) is 62.0 Å². The van der Waals surface area contributed by atoms with Crippen molar-refractivity contribution in [2.75, 3.05) is 12.4 Å². The Hall–Kier alpha value is -1.04. The zero-order valence-corrected chi connectivity index (χ0v) is 15.0. The Kier molecular flexibility index (Phi) is 5.67. The van der Waals surface area contributed by atoms with Gasteiger partial charge in [-0.3, -0.25) is 0 Å². The van der Waals surface area contributed by atoms with Crippen LogP contribution in [0.15, 0.2) is 51.4 Å². The summed E-state index contributed by atoms with van der Waals surface area (Å²) in [7, 11) is 1.35. The van der Waals surface area contributed by atoms with Crippen LogP contribution in [0.1, 0.15) is 11.6 Å². The van der Waals surface area contributed by atoms with Gasteiger partial charge in [-0.05, 0) is 42.5 Å². The molecule has 0 radical (unpaired) electrons. The van der Waals surface area contributed by atoms with Gasteiger partial charge in [-0.15, -0.1) is 0 Å². The predicted octanol–water partition coefficient (Wildman–Crippen LogP) is 5.19. The van der Waals surface area contributed by atoms with Gasteiger partial charge in [0.05, 0.1) is 7.11 Å². The number of nitrogens with one attached hydrogen (secondary N) is 1. The van der Waals surface area contributed by atoms with E-state index in [0.29, 0.717) is 10.6 Å². The van der Waals surface area contributed by atoms with Crippen LogP contribution in [0.25, 0.3) is 0 Å². The van der Waals surface area contributed by atoms with Crippen LogP contribution in [-0.4, -0.2) is 13.1 Å². The number of carbonyl (C=O) groups is 1. The second-order valence-electron chi connectivity index (χ2n) is 4.27. The number of hydrogen-bond acceptors (Lipinski definition) is 3. The summed E-state index contributed by atoms with van der Waals surface area (Å²) in [6.07, 6.45) is 0. The number of methoxy groups -OCH3 is 1. The quantitative estimate of drug-likeness (QED) is 0.675. The van der Waals surface area contributed by atoms with E-state index in [1.165, 1.54) is 7.11 Å². The summed E-state index contributed by atoms with van der Waals surface area (Å²) in [5, 5.41) is 3.64. The molecular weight excluding hydrogens is 421 g/mol. The van der Waals surface area contributed by atoms with Crippen molar-refractivity contribution >= 4 is 55.1 Å². The molecule has 1 unspecified atom stereocenters. The summed E-state index contributed by atoms with van der Waals surface area (Å²) in [6.45, 7) is 0. The Morgan fingerprint density at radius 1 is 1.14 bits per heavy atom. The highest BCUT2D eigenvalue weighted by Gasteiger charge is 2.24. The lowest BCUT2D eigenvalue weighted by atomic mass is 10.1. The van der Waals surface area contributed by atoms with Crippen LogP contribution in [0.5, 0.6) is 0 Å². The topological polar surface area (TPSA) is 38.3 Å². The molecule has 1 N–H and O–H groups in total. The van der Waals surface area contributed by atoms with Crippen LogP contribution < -0.4 is 5.32 Å². The van der Waals surface area contributed by atoms with Gasteiger partial charge in [-0.1, -0.05) is 43.5 Å². The Morgan fingerprint density at radius 3 is 2.38 bits per heavy atom. The van der Waals surface area contributed by atoms with Crippen LogP contribution in [0.3, 0.4) is 0 Å². The van der Waals surface area contributed by atoms with Gasteiger partial charge < -0.3 is 10.1 Å². The van der Waals surface area contributed by atoms with E-state index in [9.17, 15) is 4.79 Å². The minimum Gasteiger partial charge on any atom is -0.467 e. The smallest absolute Gasteiger partial charge is 0.333 e. The SMILES string of the molecule is COC(=O)C(Nc1ccc(Br)cc1)c1cc(Br)ccc1Cl.